The molecule has 160 valence electrons. The standard InChI is InChI=1S/C22H32N4O2.HI/c1-16-9-7-8-10-18(16)14-24-22(23-2)25-15-19(26(3)4)17-11-12-20(27-5)21(13-17)28-6;/h7-13,19H,14-15H2,1-6H3,(H2,23,24,25);1H. The van der Waals surface area contributed by atoms with Gasteiger partial charge in [-0.2, -0.15) is 0 Å². The quantitative estimate of drug-likeness (QED) is 0.322. The maximum atomic E-state index is 5.45. The van der Waals surface area contributed by atoms with E-state index < -0.39 is 0 Å². The molecule has 29 heavy (non-hydrogen) atoms. The number of aryl methyl sites for hydroxylation is 1. The first-order chi connectivity index (χ1) is 13.5. The van der Waals surface area contributed by atoms with Gasteiger partial charge in [0.15, 0.2) is 17.5 Å². The van der Waals surface area contributed by atoms with Crippen molar-refractivity contribution < 1.29 is 9.47 Å². The van der Waals surface area contributed by atoms with E-state index in [2.05, 4.69) is 71.9 Å². The van der Waals surface area contributed by atoms with Crippen molar-refractivity contribution in [3.63, 3.8) is 0 Å². The van der Waals surface area contributed by atoms with Crippen LogP contribution in [0.15, 0.2) is 47.5 Å². The van der Waals surface area contributed by atoms with Crippen LogP contribution < -0.4 is 20.1 Å². The number of nitrogens with one attached hydrogen (secondary N) is 2. The van der Waals surface area contributed by atoms with Gasteiger partial charge in [-0.15, -0.1) is 24.0 Å². The van der Waals surface area contributed by atoms with Gasteiger partial charge in [0.1, 0.15) is 0 Å². The monoisotopic (exact) mass is 512 g/mol. The average molecular weight is 512 g/mol. The Kier molecular flexibility index (Phi) is 10.8. The molecule has 0 aliphatic rings. The SMILES string of the molecule is CN=C(NCc1ccccc1C)NCC(c1ccc(OC)c(OC)c1)N(C)C.I. The maximum Gasteiger partial charge on any atom is 0.191 e. The minimum absolute atomic E-state index is 0. The van der Waals surface area contributed by atoms with Crippen LogP contribution >= 0.6 is 24.0 Å². The summed E-state index contributed by atoms with van der Waals surface area (Å²) < 4.78 is 10.8. The second-order valence-electron chi connectivity index (χ2n) is 6.83. The molecule has 0 saturated carbocycles. The number of ether oxygens (including phenoxy) is 2. The Labute approximate surface area is 191 Å². The Morgan fingerprint density at radius 1 is 1.03 bits per heavy atom. The lowest BCUT2D eigenvalue weighted by Gasteiger charge is -2.26. The number of rotatable bonds is 8. The Bertz CT molecular complexity index is 796. The van der Waals surface area contributed by atoms with Crippen LogP contribution in [0.2, 0.25) is 0 Å². The van der Waals surface area contributed by atoms with Gasteiger partial charge in [0.2, 0.25) is 0 Å². The van der Waals surface area contributed by atoms with Crippen molar-refractivity contribution in [2.75, 3.05) is 41.9 Å². The first kappa shape index (κ1) is 25.0. The maximum absolute atomic E-state index is 5.45. The van der Waals surface area contributed by atoms with Crippen molar-refractivity contribution in [3.05, 3.63) is 59.2 Å². The molecule has 0 radical (unpaired) electrons. The molecule has 0 aliphatic carbocycles. The van der Waals surface area contributed by atoms with Crippen LogP contribution in [-0.2, 0) is 6.54 Å². The molecular formula is C22H33IN4O2. The second-order valence-corrected chi connectivity index (χ2v) is 6.83. The van der Waals surface area contributed by atoms with Crippen molar-refractivity contribution in [1.82, 2.24) is 15.5 Å². The summed E-state index contributed by atoms with van der Waals surface area (Å²) in [5, 5.41) is 6.82. The number of likely N-dealkylation sites (N-methyl/N-ethyl adjacent to an activating group) is 1. The smallest absolute Gasteiger partial charge is 0.191 e. The predicted molar refractivity (Wildman–Crippen MR) is 131 cm³/mol. The van der Waals surface area contributed by atoms with E-state index in [4.69, 9.17) is 9.47 Å². The third kappa shape index (κ3) is 7.08. The highest BCUT2D eigenvalue weighted by Crippen LogP contribution is 2.31. The van der Waals surface area contributed by atoms with E-state index in [1.54, 1.807) is 21.3 Å². The average Bonchev–Trinajstić information content (AvgIpc) is 2.71. The zero-order valence-electron chi connectivity index (χ0n) is 18.2. The predicted octanol–water partition coefficient (Wildman–Crippen LogP) is 3.60. The van der Waals surface area contributed by atoms with Crippen LogP contribution in [0, 0.1) is 6.92 Å². The fourth-order valence-corrected chi connectivity index (χ4v) is 3.06. The van der Waals surface area contributed by atoms with E-state index in [0.717, 1.165) is 29.6 Å². The normalized spacial score (nSPS) is 12.2. The van der Waals surface area contributed by atoms with Crippen molar-refractivity contribution in [2.45, 2.75) is 19.5 Å². The lowest BCUT2D eigenvalue weighted by molar-refractivity contribution is 0.295. The summed E-state index contributed by atoms with van der Waals surface area (Å²) in [7, 11) is 9.21. The molecule has 0 bridgehead atoms. The van der Waals surface area contributed by atoms with Gasteiger partial charge in [-0.05, 0) is 49.8 Å². The van der Waals surface area contributed by atoms with Crippen molar-refractivity contribution >= 4 is 29.9 Å². The van der Waals surface area contributed by atoms with E-state index in [1.807, 2.05) is 12.1 Å². The first-order valence-corrected chi connectivity index (χ1v) is 9.37. The highest BCUT2D eigenvalue weighted by molar-refractivity contribution is 14.0. The number of nitrogens with zero attached hydrogens (tertiary/aromatic N) is 2. The highest BCUT2D eigenvalue weighted by Gasteiger charge is 2.17. The van der Waals surface area contributed by atoms with E-state index in [1.165, 1.54) is 11.1 Å². The Balaban J connectivity index is 0.00000420. The largest absolute Gasteiger partial charge is 0.493 e. The molecule has 2 aromatic carbocycles. The summed E-state index contributed by atoms with van der Waals surface area (Å²) in [6, 6.07) is 14.5. The molecule has 1 atom stereocenters. The van der Waals surface area contributed by atoms with E-state index in [-0.39, 0.29) is 30.0 Å². The van der Waals surface area contributed by atoms with Gasteiger partial charge in [-0.25, -0.2) is 0 Å². The Morgan fingerprint density at radius 3 is 2.31 bits per heavy atom. The number of methoxy groups -OCH3 is 2. The summed E-state index contributed by atoms with van der Waals surface area (Å²) in [6.45, 7) is 3.55. The van der Waals surface area contributed by atoms with Gasteiger partial charge in [-0.1, -0.05) is 30.3 Å². The van der Waals surface area contributed by atoms with Gasteiger partial charge in [0, 0.05) is 20.1 Å². The molecule has 2 N–H and O–H groups in total. The number of benzene rings is 2. The van der Waals surface area contributed by atoms with Gasteiger partial charge < -0.3 is 25.0 Å². The zero-order valence-corrected chi connectivity index (χ0v) is 20.5. The lowest BCUT2D eigenvalue weighted by atomic mass is 10.1. The van der Waals surface area contributed by atoms with E-state index >= 15 is 0 Å². The molecule has 2 aromatic rings. The van der Waals surface area contributed by atoms with Crippen molar-refractivity contribution in [3.8, 4) is 11.5 Å². The van der Waals surface area contributed by atoms with E-state index in [0.29, 0.717) is 6.54 Å². The molecule has 1 unspecified atom stereocenters. The number of aliphatic imine (C=N–C) groups is 1. The molecule has 7 heteroatoms. The van der Waals surface area contributed by atoms with Gasteiger partial charge in [0.05, 0.1) is 20.3 Å². The number of hydrogen-bond donors (Lipinski definition) is 2. The van der Waals surface area contributed by atoms with Crippen LogP contribution in [0.25, 0.3) is 0 Å². The summed E-state index contributed by atoms with van der Waals surface area (Å²) in [5.41, 5.74) is 3.67. The summed E-state index contributed by atoms with van der Waals surface area (Å²) >= 11 is 0. The molecule has 0 aliphatic heterocycles. The van der Waals surface area contributed by atoms with Gasteiger partial charge in [-0.3, -0.25) is 4.99 Å². The van der Waals surface area contributed by atoms with Gasteiger partial charge in [0.25, 0.3) is 0 Å². The minimum atomic E-state index is 0. The molecule has 0 fully saturated rings. The Morgan fingerprint density at radius 2 is 1.72 bits per heavy atom. The van der Waals surface area contributed by atoms with Crippen LogP contribution in [0.1, 0.15) is 22.7 Å². The summed E-state index contributed by atoms with van der Waals surface area (Å²) in [5.74, 6) is 2.23. The molecule has 0 spiro atoms. The second kappa shape index (κ2) is 12.5. The summed E-state index contributed by atoms with van der Waals surface area (Å²) in [6.07, 6.45) is 0. The van der Waals surface area contributed by atoms with Crippen molar-refractivity contribution in [1.29, 1.82) is 0 Å². The fraction of sp³-hybridized carbons (Fsp3) is 0.409. The molecule has 0 heterocycles. The number of guanidine groups is 1. The summed E-state index contributed by atoms with van der Waals surface area (Å²) in [4.78, 5) is 6.52. The highest BCUT2D eigenvalue weighted by atomic mass is 127. The molecule has 0 saturated heterocycles. The van der Waals surface area contributed by atoms with Gasteiger partial charge >= 0.3 is 0 Å². The van der Waals surface area contributed by atoms with Crippen molar-refractivity contribution in [2.24, 2.45) is 4.99 Å². The minimum Gasteiger partial charge on any atom is -0.493 e. The Hall–Kier alpha value is -2.00. The van der Waals surface area contributed by atoms with Crippen LogP contribution in [0.3, 0.4) is 0 Å². The fourth-order valence-electron chi connectivity index (χ4n) is 3.06. The topological polar surface area (TPSA) is 58.1 Å². The first-order valence-electron chi connectivity index (χ1n) is 9.37. The number of hydrogen-bond acceptors (Lipinski definition) is 4. The van der Waals surface area contributed by atoms with E-state index in [9.17, 15) is 0 Å². The molecule has 0 amide bonds. The number of halogens is 1. The lowest BCUT2D eigenvalue weighted by Crippen LogP contribution is -2.41. The zero-order chi connectivity index (χ0) is 20.5. The molecule has 2 rings (SSSR count). The van der Waals surface area contributed by atoms with Crippen LogP contribution in [0.5, 0.6) is 11.5 Å². The molecule has 0 aromatic heterocycles. The third-order valence-electron chi connectivity index (χ3n) is 4.81. The van der Waals surface area contributed by atoms with Crippen LogP contribution in [0.4, 0.5) is 0 Å². The molecular weight excluding hydrogens is 479 g/mol. The third-order valence-corrected chi connectivity index (χ3v) is 4.81. The molecule has 6 nitrogen and oxygen atoms in total. The van der Waals surface area contributed by atoms with Crippen LogP contribution in [-0.4, -0.2) is 52.8 Å².